The summed E-state index contributed by atoms with van der Waals surface area (Å²) in [4.78, 5) is 1.27. The highest BCUT2D eigenvalue weighted by Crippen LogP contribution is 2.25. The summed E-state index contributed by atoms with van der Waals surface area (Å²) in [6, 6.07) is 4.70. The molecule has 14 heavy (non-hydrogen) atoms. The van der Waals surface area contributed by atoms with Crippen molar-refractivity contribution in [3.63, 3.8) is 0 Å². The number of piperidine rings is 1. The van der Waals surface area contributed by atoms with E-state index in [1.807, 2.05) is 6.07 Å². The van der Waals surface area contributed by atoms with Crippen LogP contribution >= 0.6 is 22.9 Å². The molecule has 0 aliphatic carbocycles. The number of thiophene rings is 1. The first-order chi connectivity index (χ1) is 6.74. The standard InChI is InChI=1S/C11H14ClNS/c1-8-2-3-9(7-13-8)6-10-4-5-11(12)14-10/h4-6,8,13H,2-3,7H2,1H3/b9-6-. The molecule has 1 aliphatic heterocycles. The Morgan fingerprint density at radius 1 is 1.57 bits per heavy atom. The van der Waals surface area contributed by atoms with Crippen molar-refractivity contribution in [3.05, 3.63) is 26.9 Å². The summed E-state index contributed by atoms with van der Waals surface area (Å²) >= 11 is 7.52. The summed E-state index contributed by atoms with van der Waals surface area (Å²) in [5.41, 5.74) is 1.49. The molecule has 2 rings (SSSR count). The van der Waals surface area contributed by atoms with Crippen LogP contribution in [0.25, 0.3) is 6.08 Å². The maximum Gasteiger partial charge on any atom is 0.0934 e. The van der Waals surface area contributed by atoms with Crippen molar-refractivity contribution in [2.45, 2.75) is 25.8 Å². The quantitative estimate of drug-likeness (QED) is 0.774. The van der Waals surface area contributed by atoms with Crippen molar-refractivity contribution in [2.75, 3.05) is 6.54 Å². The van der Waals surface area contributed by atoms with Crippen LogP contribution in [0.2, 0.25) is 4.34 Å². The molecule has 76 valence electrons. The molecule has 0 spiro atoms. The zero-order valence-electron chi connectivity index (χ0n) is 8.22. The minimum Gasteiger partial charge on any atom is -0.311 e. The highest BCUT2D eigenvalue weighted by atomic mass is 35.5. The average molecular weight is 228 g/mol. The minimum absolute atomic E-state index is 0.666. The summed E-state index contributed by atoms with van der Waals surface area (Å²) in [6.45, 7) is 3.26. The molecule has 0 bridgehead atoms. The first kappa shape index (κ1) is 10.2. The van der Waals surface area contributed by atoms with Gasteiger partial charge in [-0.3, -0.25) is 0 Å². The van der Waals surface area contributed by atoms with Gasteiger partial charge >= 0.3 is 0 Å². The summed E-state index contributed by atoms with van der Waals surface area (Å²) < 4.78 is 0.869. The van der Waals surface area contributed by atoms with E-state index in [0.29, 0.717) is 6.04 Å². The number of nitrogens with one attached hydrogen (secondary N) is 1. The van der Waals surface area contributed by atoms with Gasteiger partial charge in [0.1, 0.15) is 0 Å². The molecular formula is C11H14ClNS. The lowest BCUT2D eigenvalue weighted by Crippen LogP contribution is -2.32. The second-order valence-electron chi connectivity index (χ2n) is 3.77. The molecular weight excluding hydrogens is 214 g/mol. The Labute approximate surface area is 93.8 Å². The van der Waals surface area contributed by atoms with Gasteiger partial charge in [0.25, 0.3) is 0 Å². The van der Waals surface area contributed by atoms with E-state index in [4.69, 9.17) is 11.6 Å². The fourth-order valence-corrected chi connectivity index (χ4v) is 2.68. The van der Waals surface area contributed by atoms with E-state index in [0.717, 1.165) is 10.9 Å². The van der Waals surface area contributed by atoms with Crippen LogP contribution < -0.4 is 5.32 Å². The zero-order chi connectivity index (χ0) is 9.97. The molecule has 1 N–H and O–H groups in total. The van der Waals surface area contributed by atoms with Crippen molar-refractivity contribution in [3.8, 4) is 0 Å². The lowest BCUT2D eigenvalue weighted by Gasteiger charge is -2.21. The predicted octanol–water partition coefficient (Wildman–Crippen LogP) is 3.56. The number of halogens is 1. The molecule has 1 nitrogen and oxygen atoms in total. The molecule has 1 aromatic rings. The number of hydrogen-bond acceptors (Lipinski definition) is 2. The predicted molar refractivity (Wildman–Crippen MR) is 64.0 cm³/mol. The molecule has 1 atom stereocenters. The third kappa shape index (κ3) is 2.59. The normalized spacial score (nSPS) is 25.6. The summed E-state index contributed by atoms with van der Waals surface area (Å²) in [5, 5.41) is 3.46. The Balaban J connectivity index is 2.04. The maximum atomic E-state index is 5.87. The average Bonchev–Trinajstić information content (AvgIpc) is 2.56. The van der Waals surface area contributed by atoms with E-state index in [-0.39, 0.29) is 0 Å². The van der Waals surface area contributed by atoms with Gasteiger partial charge in [0, 0.05) is 17.5 Å². The van der Waals surface area contributed by atoms with Crippen molar-refractivity contribution in [2.24, 2.45) is 0 Å². The van der Waals surface area contributed by atoms with Crippen molar-refractivity contribution in [1.29, 1.82) is 0 Å². The van der Waals surface area contributed by atoms with Gasteiger partial charge < -0.3 is 5.32 Å². The van der Waals surface area contributed by atoms with Gasteiger partial charge in [-0.1, -0.05) is 17.2 Å². The molecule has 3 heteroatoms. The van der Waals surface area contributed by atoms with Gasteiger partial charge in [-0.2, -0.15) is 0 Å². The number of rotatable bonds is 1. The van der Waals surface area contributed by atoms with E-state index >= 15 is 0 Å². The SMILES string of the molecule is CC1CC/C(=C/c2ccc(Cl)s2)CN1. The van der Waals surface area contributed by atoms with Crippen LogP contribution in [0.15, 0.2) is 17.7 Å². The molecule has 1 fully saturated rings. The van der Waals surface area contributed by atoms with Crippen LogP contribution in [0.4, 0.5) is 0 Å². The van der Waals surface area contributed by atoms with Crippen molar-refractivity contribution >= 4 is 29.0 Å². The second kappa shape index (κ2) is 4.47. The van der Waals surface area contributed by atoms with Crippen LogP contribution in [0.3, 0.4) is 0 Å². The van der Waals surface area contributed by atoms with Gasteiger partial charge in [0.2, 0.25) is 0 Å². The van der Waals surface area contributed by atoms with Gasteiger partial charge in [-0.15, -0.1) is 11.3 Å². The molecule has 0 aromatic carbocycles. The first-order valence-corrected chi connectivity index (χ1v) is 6.11. The summed E-state index contributed by atoms with van der Waals surface area (Å²) in [5.74, 6) is 0. The lowest BCUT2D eigenvalue weighted by atomic mass is 10.0. The molecule has 1 aromatic heterocycles. The van der Waals surface area contributed by atoms with E-state index in [2.05, 4.69) is 24.4 Å². The molecule has 1 aliphatic rings. The van der Waals surface area contributed by atoms with Gasteiger partial charge in [-0.25, -0.2) is 0 Å². The molecule has 1 unspecified atom stereocenters. The van der Waals surface area contributed by atoms with Crippen LogP contribution in [-0.4, -0.2) is 12.6 Å². The molecule has 0 saturated carbocycles. The zero-order valence-corrected chi connectivity index (χ0v) is 9.79. The molecule has 2 heterocycles. The molecule has 1 saturated heterocycles. The second-order valence-corrected chi connectivity index (χ2v) is 5.51. The van der Waals surface area contributed by atoms with E-state index in [1.54, 1.807) is 11.3 Å². The van der Waals surface area contributed by atoms with Gasteiger partial charge in [-0.05, 0) is 38.0 Å². The Morgan fingerprint density at radius 3 is 3.00 bits per heavy atom. The Kier molecular flexibility index (Phi) is 3.26. The molecule has 0 amide bonds. The fourth-order valence-electron chi connectivity index (χ4n) is 1.63. The van der Waals surface area contributed by atoms with Gasteiger partial charge in [0.15, 0.2) is 0 Å². The monoisotopic (exact) mass is 227 g/mol. The topological polar surface area (TPSA) is 12.0 Å². The minimum atomic E-state index is 0.666. The lowest BCUT2D eigenvalue weighted by molar-refractivity contribution is 0.488. The van der Waals surface area contributed by atoms with E-state index in [9.17, 15) is 0 Å². The highest BCUT2D eigenvalue weighted by molar-refractivity contribution is 7.17. The Hall–Kier alpha value is -0.310. The van der Waals surface area contributed by atoms with Crippen LogP contribution in [0.1, 0.15) is 24.6 Å². The van der Waals surface area contributed by atoms with Crippen LogP contribution in [0, 0.1) is 0 Å². The third-order valence-electron chi connectivity index (χ3n) is 2.52. The fraction of sp³-hybridized carbons (Fsp3) is 0.455. The summed E-state index contributed by atoms with van der Waals surface area (Å²) in [7, 11) is 0. The smallest absolute Gasteiger partial charge is 0.0934 e. The van der Waals surface area contributed by atoms with Crippen molar-refractivity contribution < 1.29 is 0 Å². The summed E-state index contributed by atoms with van der Waals surface area (Å²) in [6.07, 6.45) is 4.71. The largest absolute Gasteiger partial charge is 0.311 e. The first-order valence-electron chi connectivity index (χ1n) is 4.92. The molecule has 0 radical (unpaired) electrons. The van der Waals surface area contributed by atoms with E-state index in [1.165, 1.54) is 23.3 Å². The third-order valence-corrected chi connectivity index (χ3v) is 3.69. The van der Waals surface area contributed by atoms with Gasteiger partial charge in [0.05, 0.1) is 4.34 Å². The Morgan fingerprint density at radius 2 is 2.43 bits per heavy atom. The van der Waals surface area contributed by atoms with Crippen molar-refractivity contribution in [1.82, 2.24) is 5.32 Å². The number of hydrogen-bond donors (Lipinski definition) is 1. The van der Waals surface area contributed by atoms with Crippen LogP contribution in [0.5, 0.6) is 0 Å². The highest BCUT2D eigenvalue weighted by Gasteiger charge is 2.10. The Bertz CT molecular complexity index is 333. The van der Waals surface area contributed by atoms with Crippen LogP contribution in [-0.2, 0) is 0 Å². The maximum absolute atomic E-state index is 5.87. The van der Waals surface area contributed by atoms with E-state index < -0.39 is 0 Å².